The number of aromatic hydroxyl groups is 1. The van der Waals surface area contributed by atoms with Crippen molar-refractivity contribution in [2.45, 2.75) is 6.92 Å². The molecule has 0 bridgehead atoms. The van der Waals surface area contributed by atoms with Crippen LogP contribution in [0.1, 0.15) is 12.5 Å². The molecule has 0 radical (unpaired) electrons. The van der Waals surface area contributed by atoms with Crippen molar-refractivity contribution in [1.29, 1.82) is 0 Å². The molecule has 0 aliphatic carbocycles. The zero-order chi connectivity index (χ0) is 19.0. The molecular formula is C17H11Cl2N3O4. The molecule has 3 rings (SSSR count). The van der Waals surface area contributed by atoms with Crippen LogP contribution in [-0.2, 0) is 4.79 Å². The maximum absolute atomic E-state index is 12.7. The SMILES string of the molecule is CC1=NN(c2ccc(Cl)c(Cl)c2)C(=O)C1=Cc1cc([N+](=O)[O-])ccc1O. The van der Waals surface area contributed by atoms with E-state index < -0.39 is 10.8 Å². The highest BCUT2D eigenvalue weighted by Gasteiger charge is 2.29. The van der Waals surface area contributed by atoms with Crippen LogP contribution in [0.25, 0.3) is 6.08 Å². The second-order valence-corrected chi connectivity index (χ2v) is 6.27. The van der Waals surface area contributed by atoms with E-state index in [1.807, 2.05) is 0 Å². The summed E-state index contributed by atoms with van der Waals surface area (Å²) in [5.74, 6) is -0.636. The summed E-state index contributed by atoms with van der Waals surface area (Å²) in [7, 11) is 0. The quantitative estimate of drug-likeness (QED) is 0.475. The lowest BCUT2D eigenvalue weighted by atomic mass is 10.1. The number of phenols is 1. The fourth-order valence-electron chi connectivity index (χ4n) is 2.40. The fourth-order valence-corrected chi connectivity index (χ4v) is 2.70. The van der Waals surface area contributed by atoms with Crippen LogP contribution in [0.3, 0.4) is 0 Å². The van der Waals surface area contributed by atoms with Crippen molar-refractivity contribution in [1.82, 2.24) is 0 Å². The van der Waals surface area contributed by atoms with E-state index in [4.69, 9.17) is 23.2 Å². The molecule has 0 fully saturated rings. The summed E-state index contributed by atoms with van der Waals surface area (Å²) in [6, 6.07) is 8.21. The van der Waals surface area contributed by atoms with Crippen molar-refractivity contribution in [3.05, 3.63) is 67.7 Å². The first kappa shape index (κ1) is 17.9. The number of carbonyl (C=O) groups excluding carboxylic acids is 1. The van der Waals surface area contributed by atoms with E-state index in [9.17, 15) is 20.0 Å². The van der Waals surface area contributed by atoms with Crippen molar-refractivity contribution in [2.75, 3.05) is 5.01 Å². The van der Waals surface area contributed by atoms with Gasteiger partial charge < -0.3 is 5.11 Å². The largest absolute Gasteiger partial charge is 0.507 e. The van der Waals surface area contributed by atoms with Gasteiger partial charge in [-0.1, -0.05) is 23.2 Å². The summed E-state index contributed by atoms with van der Waals surface area (Å²) >= 11 is 11.9. The lowest BCUT2D eigenvalue weighted by Crippen LogP contribution is -2.21. The van der Waals surface area contributed by atoms with Gasteiger partial charge in [-0.3, -0.25) is 14.9 Å². The molecule has 2 aromatic rings. The van der Waals surface area contributed by atoms with Crippen LogP contribution in [0, 0.1) is 10.1 Å². The Hall–Kier alpha value is -2.90. The molecule has 7 nitrogen and oxygen atoms in total. The number of rotatable bonds is 3. The number of halogens is 2. The van der Waals surface area contributed by atoms with Gasteiger partial charge in [-0.2, -0.15) is 10.1 Å². The number of anilines is 1. The highest BCUT2D eigenvalue weighted by Crippen LogP contribution is 2.32. The second kappa shape index (κ2) is 6.78. The van der Waals surface area contributed by atoms with Gasteiger partial charge in [0.15, 0.2) is 0 Å². The van der Waals surface area contributed by atoms with Crippen LogP contribution in [-0.4, -0.2) is 21.6 Å². The minimum absolute atomic E-state index is 0.146. The molecule has 1 aliphatic heterocycles. The number of nitro groups is 1. The number of hydrogen-bond acceptors (Lipinski definition) is 5. The van der Waals surface area contributed by atoms with Crippen LogP contribution in [0.15, 0.2) is 47.1 Å². The normalized spacial score (nSPS) is 15.5. The van der Waals surface area contributed by atoms with Gasteiger partial charge in [-0.25, -0.2) is 0 Å². The molecule has 0 saturated carbocycles. The minimum atomic E-state index is -0.582. The smallest absolute Gasteiger partial charge is 0.280 e. The Balaban J connectivity index is 2.00. The number of carbonyl (C=O) groups is 1. The van der Waals surface area contributed by atoms with Gasteiger partial charge in [-0.05, 0) is 37.3 Å². The fraction of sp³-hybridized carbons (Fsp3) is 0.0588. The zero-order valence-electron chi connectivity index (χ0n) is 13.3. The Morgan fingerprint density at radius 1 is 1.19 bits per heavy atom. The highest BCUT2D eigenvalue weighted by atomic mass is 35.5. The topological polar surface area (TPSA) is 96.0 Å². The van der Waals surface area contributed by atoms with Gasteiger partial charge in [0.2, 0.25) is 0 Å². The van der Waals surface area contributed by atoms with Gasteiger partial charge in [-0.15, -0.1) is 0 Å². The third kappa shape index (κ3) is 3.26. The molecule has 9 heteroatoms. The maximum Gasteiger partial charge on any atom is 0.280 e. The van der Waals surface area contributed by atoms with E-state index in [1.165, 1.54) is 30.3 Å². The Morgan fingerprint density at radius 3 is 2.58 bits per heavy atom. The molecule has 1 heterocycles. The monoisotopic (exact) mass is 391 g/mol. The Bertz CT molecular complexity index is 1000. The van der Waals surface area contributed by atoms with Crippen molar-refractivity contribution in [2.24, 2.45) is 5.10 Å². The first-order valence-corrected chi connectivity index (χ1v) is 8.07. The van der Waals surface area contributed by atoms with E-state index >= 15 is 0 Å². The molecule has 1 N–H and O–H groups in total. The average Bonchev–Trinajstić information content (AvgIpc) is 2.87. The summed E-state index contributed by atoms with van der Waals surface area (Å²) < 4.78 is 0. The number of nitrogens with zero attached hydrogens (tertiary/aromatic N) is 3. The Kier molecular flexibility index (Phi) is 4.67. The third-order valence-corrected chi connectivity index (χ3v) is 4.47. The average molecular weight is 392 g/mol. The minimum Gasteiger partial charge on any atom is -0.507 e. The van der Waals surface area contributed by atoms with Crippen LogP contribution in [0.4, 0.5) is 11.4 Å². The predicted molar refractivity (Wildman–Crippen MR) is 99.8 cm³/mol. The van der Waals surface area contributed by atoms with Crippen LogP contribution >= 0.6 is 23.2 Å². The molecule has 132 valence electrons. The summed E-state index contributed by atoms with van der Waals surface area (Å²) in [6.45, 7) is 1.62. The van der Waals surface area contributed by atoms with Gasteiger partial charge in [0.05, 0.1) is 31.9 Å². The molecule has 1 amide bonds. The maximum atomic E-state index is 12.7. The standard InChI is InChI=1S/C17H11Cl2N3O4/c1-9-13(7-10-6-12(22(25)26)3-5-16(10)23)17(24)21(20-9)11-2-4-14(18)15(19)8-11/h2-8,23H,1H3. The lowest BCUT2D eigenvalue weighted by molar-refractivity contribution is -0.384. The van der Waals surface area contributed by atoms with Crippen molar-refractivity contribution in [3.63, 3.8) is 0 Å². The van der Waals surface area contributed by atoms with Gasteiger partial charge >= 0.3 is 0 Å². The molecule has 0 atom stereocenters. The molecule has 1 aliphatic rings. The lowest BCUT2D eigenvalue weighted by Gasteiger charge is -2.12. The first-order chi connectivity index (χ1) is 12.3. The number of nitro benzene ring substituents is 1. The summed E-state index contributed by atoms with van der Waals surface area (Å²) in [5.41, 5.74) is 0.971. The third-order valence-electron chi connectivity index (χ3n) is 3.73. The summed E-state index contributed by atoms with van der Waals surface area (Å²) in [6.07, 6.45) is 1.36. The van der Waals surface area contributed by atoms with Crippen LogP contribution < -0.4 is 5.01 Å². The number of amides is 1. The van der Waals surface area contributed by atoms with E-state index in [0.717, 1.165) is 5.01 Å². The van der Waals surface area contributed by atoms with E-state index in [1.54, 1.807) is 19.1 Å². The van der Waals surface area contributed by atoms with E-state index in [-0.39, 0.29) is 27.6 Å². The molecule has 26 heavy (non-hydrogen) atoms. The van der Waals surface area contributed by atoms with Crippen molar-refractivity contribution >= 4 is 52.3 Å². The van der Waals surface area contributed by atoms with Gasteiger partial charge in [0.1, 0.15) is 5.75 Å². The summed E-state index contributed by atoms with van der Waals surface area (Å²) in [5, 5.41) is 26.8. The van der Waals surface area contributed by atoms with E-state index in [0.29, 0.717) is 16.4 Å². The Labute approximate surface area is 157 Å². The number of phenolic OH excluding ortho intramolecular Hbond substituents is 1. The van der Waals surface area contributed by atoms with Crippen molar-refractivity contribution in [3.8, 4) is 5.75 Å². The van der Waals surface area contributed by atoms with Gasteiger partial charge in [0.25, 0.3) is 11.6 Å². The second-order valence-electron chi connectivity index (χ2n) is 5.46. The number of hydrogen-bond donors (Lipinski definition) is 1. The molecule has 0 spiro atoms. The predicted octanol–water partition coefficient (Wildman–Crippen LogP) is 4.41. The molecule has 2 aromatic carbocycles. The Morgan fingerprint density at radius 2 is 1.92 bits per heavy atom. The molecular weight excluding hydrogens is 381 g/mol. The van der Waals surface area contributed by atoms with Crippen LogP contribution in [0.5, 0.6) is 5.75 Å². The highest BCUT2D eigenvalue weighted by molar-refractivity contribution is 6.42. The first-order valence-electron chi connectivity index (χ1n) is 7.32. The summed E-state index contributed by atoms with van der Waals surface area (Å²) in [4.78, 5) is 23.0. The van der Waals surface area contributed by atoms with E-state index in [2.05, 4.69) is 5.10 Å². The number of benzene rings is 2. The molecule has 0 unspecified atom stereocenters. The van der Waals surface area contributed by atoms with Crippen molar-refractivity contribution < 1.29 is 14.8 Å². The number of hydrazone groups is 1. The van der Waals surface area contributed by atoms with Gasteiger partial charge in [0, 0.05) is 17.7 Å². The number of non-ortho nitro benzene ring substituents is 1. The zero-order valence-corrected chi connectivity index (χ0v) is 14.8. The molecule has 0 saturated heterocycles. The van der Waals surface area contributed by atoms with Crippen LogP contribution in [0.2, 0.25) is 10.0 Å². The molecule has 0 aromatic heterocycles.